The molecule has 0 saturated heterocycles. The van der Waals surface area contributed by atoms with Crippen molar-refractivity contribution < 1.29 is 9.18 Å². The molecule has 4 aromatic rings. The van der Waals surface area contributed by atoms with Crippen LogP contribution in [0.2, 0.25) is 0 Å². The second-order valence-electron chi connectivity index (χ2n) is 6.37. The fraction of sp³-hybridized carbons (Fsp3) is 0.0909. The first-order valence-corrected chi connectivity index (χ1v) is 10.2. The number of aromatic nitrogens is 3. The predicted molar refractivity (Wildman–Crippen MR) is 117 cm³/mol. The van der Waals surface area contributed by atoms with Gasteiger partial charge in [0.15, 0.2) is 0 Å². The average Bonchev–Trinajstić information content (AvgIpc) is 3.25. The highest BCUT2D eigenvalue weighted by Crippen LogP contribution is 2.36. The number of thiazole rings is 1. The number of hydrogen-bond donors (Lipinski definition) is 2. The zero-order chi connectivity index (χ0) is 20.9. The molecule has 0 atom stereocenters. The molecule has 0 aliphatic carbocycles. The van der Waals surface area contributed by atoms with E-state index in [1.54, 1.807) is 18.3 Å². The second kappa shape index (κ2) is 8.79. The summed E-state index contributed by atoms with van der Waals surface area (Å²) in [5.74, 6) is -0.158. The summed E-state index contributed by atoms with van der Waals surface area (Å²) in [6.07, 6.45) is 3.09. The van der Waals surface area contributed by atoms with E-state index in [1.807, 2.05) is 42.6 Å². The SMILES string of the molecule is CCNC(=O)Nc1cc(-c2nc(-c3ccccc3)cs2)c(-c2ccc(F)nc2)cn1. The van der Waals surface area contributed by atoms with E-state index >= 15 is 0 Å². The largest absolute Gasteiger partial charge is 0.338 e. The molecule has 1 aromatic carbocycles. The number of amides is 2. The maximum atomic E-state index is 13.3. The van der Waals surface area contributed by atoms with Gasteiger partial charge in [-0.1, -0.05) is 30.3 Å². The lowest BCUT2D eigenvalue weighted by atomic mass is 10.0. The normalized spacial score (nSPS) is 10.6. The van der Waals surface area contributed by atoms with Crippen LogP contribution < -0.4 is 10.6 Å². The average molecular weight is 419 g/mol. The molecule has 0 unspecified atom stereocenters. The molecule has 150 valence electrons. The Morgan fingerprint density at radius 1 is 1.03 bits per heavy atom. The quantitative estimate of drug-likeness (QED) is 0.435. The van der Waals surface area contributed by atoms with E-state index in [2.05, 4.69) is 20.6 Å². The molecule has 0 aliphatic rings. The third kappa shape index (κ3) is 4.33. The summed E-state index contributed by atoms with van der Waals surface area (Å²) in [5, 5.41) is 8.14. The number of urea groups is 1. The molecule has 0 radical (unpaired) electrons. The first kappa shape index (κ1) is 19.7. The number of carbonyl (C=O) groups is 1. The van der Waals surface area contributed by atoms with Crippen LogP contribution in [0, 0.1) is 5.95 Å². The smallest absolute Gasteiger partial charge is 0.320 e. The Labute approximate surface area is 176 Å². The van der Waals surface area contributed by atoms with Crippen LogP contribution in [0.5, 0.6) is 0 Å². The summed E-state index contributed by atoms with van der Waals surface area (Å²) in [4.78, 5) is 24.8. The molecule has 3 aromatic heterocycles. The lowest BCUT2D eigenvalue weighted by molar-refractivity contribution is 0.252. The molecule has 8 heteroatoms. The molecular weight excluding hydrogens is 401 g/mol. The van der Waals surface area contributed by atoms with Gasteiger partial charge >= 0.3 is 6.03 Å². The minimum absolute atomic E-state index is 0.337. The van der Waals surface area contributed by atoms with E-state index in [0.29, 0.717) is 17.9 Å². The monoisotopic (exact) mass is 419 g/mol. The summed E-state index contributed by atoms with van der Waals surface area (Å²) >= 11 is 1.49. The highest BCUT2D eigenvalue weighted by molar-refractivity contribution is 7.13. The van der Waals surface area contributed by atoms with E-state index in [4.69, 9.17) is 4.98 Å². The Kier molecular flexibility index (Phi) is 5.76. The Hall–Kier alpha value is -3.65. The van der Waals surface area contributed by atoms with E-state index in [9.17, 15) is 9.18 Å². The van der Waals surface area contributed by atoms with Gasteiger partial charge in [0.2, 0.25) is 5.95 Å². The van der Waals surface area contributed by atoms with Crippen molar-refractivity contribution in [1.82, 2.24) is 20.3 Å². The van der Waals surface area contributed by atoms with Crippen molar-refractivity contribution in [1.29, 1.82) is 0 Å². The summed E-state index contributed by atoms with van der Waals surface area (Å²) in [6, 6.07) is 14.3. The van der Waals surface area contributed by atoms with Crippen LogP contribution in [0.3, 0.4) is 0 Å². The number of halogens is 1. The molecule has 2 N–H and O–H groups in total. The number of pyridine rings is 2. The van der Waals surface area contributed by atoms with Gasteiger partial charge in [-0.2, -0.15) is 4.39 Å². The minimum Gasteiger partial charge on any atom is -0.338 e. The van der Waals surface area contributed by atoms with Gasteiger partial charge in [0.1, 0.15) is 10.8 Å². The van der Waals surface area contributed by atoms with Crippen LogP contribution in [-0.2, 0) is 0 Å². The van der Waals surface area contributed by atoms with Crippen LogP contribution in [0.1, 0.15) is 6.92 Å². The predicted octanol–water partition coefficient (Wildman–Crippen LogP) is 5.21. The zero-order valence-electron chi connectivity index (χ0n) is 16.1. The number of benzene rings is 1. The molecule has 4 rings (SSSR count). The molecule has 6 nitrogen and oxygen atoms in total. The number of nitrogens with one attached hydrogen (secondary N) is 2. The maximum Gasteiger partial charge on any atom is 0.320 e. The highest BCUT2D eigenvalue weighted by Gasteiger charge is 2.15. The fourth-order valence-corrected chi connectivity index (χ4v) is 3.78. The first-order valence-electron chi connectivity index (χ1n) is 9.32. The van der Waals surface area contributed by atoms with Crippen molar-refractivity contribution in [2.75, 3.05) is 11.9 Å². The summed E-state index contributed by atoms with van der Waals surface area (Å²) < 4.78 is 13.3. The van der Waals surface area contributed by atoms with Gasteiger partial charge in [-0.25, -0.2) is 19.7 Å². The number of rotatable bonds is 5. The van der Waals surface area contributed by atoms with Crippen molar-refractivity contribution in [3.63, 3.8) is 0 Å². The summed E-state index contributed by atoms with van der Waals surface area (Å²) in [7, 11) is 0. The van der Waals surface area contributed by atoms with E-state index < -0.39 is 5.95 Å². The topological polar surface area (TPSA) is 79.8 Å². The molecule has 3 heterocycles. The van der Waals surface area contributed by atoms with Crippen LogP contribution >= 0.6 is 11.3 Å². The Balaban J connectivity index is 1.77. The van der Waals surface area contributed by atoms with Crippen molar-refractivity contribution in [3.8, 4) is 33.0 Å². The fourth-order valence-electron chi connectivity index (χ4n) is 2.93. The standard InChI is InChI=1S/C22H18FN5OS/c1-2-24-22(29)28-20-10-16(17(12-26-20)15-8-9-19(23)25-11-15)21-27-18(13-30-21)14-6-4-3-5-7-14/h3-13H,2H2,1H3,(H2,24,26,28,29). The maximum absolute atomic E-state index is 13.3. The van der Waals surface area contributed by atoms with Crippen LogP contribution in [0.4, 0.5) is 15.0 Å². The van der Waals surface area contributed by atoms with Gasteiger partial charge in [-0.05, 0) is 25.1 Å². The second-order valence-corrected chi connectivity index (χ2v) is 7.23. The molecule has 0 fully saturated rings. The molecule has 2 amide bonds. The van der Waals surface area contributed by atoms with Crippen LogP contribution in [-0.4, -0.2) is 27.5 Å². The molecular formula is C22H18FN5OS. The molecule has 0 aliphatic heterocycles. The van der Waals surface area contributed by atoms with Crippen molar-refractivity contribution >= 4 is 23.2 Å². The third-order valence-electron chi connectivity index (χ3n) is 4.33. The van der Waals surface area contributed by atoms with Crippen molar-refractivity contribution in [3.05, 3.63) is 72.3 Å². The summed E-state index contributed by atoms with van der Waals surface area (Å²) in [6.45, 7) is 2.34. The van der Waals surface area contributed by atoms with Gasteiger partial charge in [-0.3, -0.25) is 5.32 Å². The first-order chi connectivity index (χ1) is 14.6. The Bertz CT molecular complexity index is 1160. The van der Waals surface area contributed by atoms with Crippen LogP contribution in [0.15, 0.2) is 66.3 Å². The van der Waals surface area contributed by atoms with Gasteiger partial charge in [0, 0.05) is 46.6 Å². The van der Waals surface area contributed by atoms with Crippen molar-refractivity contribution in [2.24, 2.45) is 0 Å². The highest BCUT2D eigenvalue weighted by atomic mass is 32.1. The number of carbonyl (C=O) groups excluding carboxylic acids is 1. The zero-order valence-corrected chi connectivity index (χ0v) is 16.9. The lowest BCUT2D eigenvalue weighted by Gasteiger charge is -2.11. The van der Waals surface area contributed by atoms with Gasteiger partial charge in [-0.15, -0.1) is 11.3 Å². The minimum atomic E-state index is -0.552. The molecule has 0 spiro atoms. The lowest BCUT2D eigenvalue weighted by Crippen LogP contribution is -2.28. The van der Waals surface area contributed by atoms with Gasteiger partial charge in [0.05, 0.1) is 5.69 Å². The number of nitrogens with zero attached hydrogens (tertiary/aromatic N) is 3. The molecule has 0 saturated carbocycles. The van der Waals surface area contributed by atoms with E-state index in [0.717, 1.165) is 27.4 Å². The van der Waals surface area contributed by atoms with E-state index in [1.165, 1.54) is 23.6 Å². The molecule has 0 bridgehead atoms. The third-order valence-corrected chi connectivity index (χ3v) is 5.20. The van der Waals surface area contributed by atoms with Gasteiger partial charge in [0.25, 0.3) is 0 Å². The Morgan fingerprint density at radius 3 is 2.60 bits per heavy atom. The molecule has 30 heavy (non-hydrogen) atoms. The van der Waals surface area contributed by atoms with Crippen molar-refractivity contribution in [2.45, 2.75) is 6.92 Å². The van der Waals surface area contributed by atoms with Crippen LogP contribution in [0.25, 0.3) is 33.0 Å². The number of hydrogen-bond acceptors (Lipinski definition) is 5. The number of anilines is 1. The van der Waals surface area contributed by atoms with Gasteiger partial charge < -0.3 is 5.32 Å². The Morgan fingerprint density at radius 2 is 1.87 bits per heavy atom. The van der Waals surface area contributed by atoms with E-state index in [-0.39, 0.29) is 6.03 Å². The summed E-state index contributed by atoms with van der Waals surface area (Å²) in [5.41, 5.74) is 4.10.